The van der Waals surface area contributed by atoms with Crippen molar-refractivity contribution in [1.82, 2.24) is 15.2 Å². The number of H-pyrrole nitrogens is 1. The molecule has 1 fully saturated rings. The van der Waals surface area contributed by atoms with Crippen LogP contribution in [-0.2, 0) is 11.2 Å². The van der Waals surface area contributed by atoms with Gasteiger partial charge in [-0.25, -0.2) is 0 Å². The summed E-state index contributed by atoms with van der Waals surface area (Å²) in [6.07, 6.45) is 1.10. The Balaban J connectivity index is 1.73. The average Bonchev–Trinajstić information content (AvgIpc) is 2.60. The minimum absolute atomic E-state index is 0.00410. The first-order valence-corrected chi connectivity index (χ1v) is 9.18. The van der Waals surface area contributed by atoms with Crippen LogP contribution < -0.4 is 10.9 Å². The SMILES string of the molecule is CC1CC(=O)c2cc(C(=O)NCC(C)(C)N3CCOCC3)c(=O)[nH]c2C1. The molecule has 1 aromatic heterocycles. The number of amides is 1. The summed E-state index contributed by atoms with van der Waals surface area (Å²) in [4.78, 5) is 42.1. The zero-order chi connectivity index (χ0) is 18.9. The van der Waals surface area contributed by atoms with Crippen LogP contribution in [0.2, 0.25) is 0 Å². The van der Waals surface area contributed by atoms with Crippen LogP contribution in [0.4, 0.5) is 0 Å². The lowest BCUT2D eigenvalue weighted by Gasteiger charge is -2.40. The largest absolute Gasteiger partial charge is 0.379 e. The molecule has 1 unspecified atom stereocenters. The van der Waals surface area contributed by atoms with Crippen LogP contribution in [0.1, 0.15) is 53.6 Å². The number of hydrogen-bond donors (Lipinski definition) is 2. The molecule has 2 heterocycles. The van der Waals surface area contributed by atoms with Crippen molar-refractivity contribution in [3.8, 4) is 0 Å². The Kier molecular flexibility index (Phi) is 5.29. The van der Waals surface area contributed by atoms with Gasteiger partial charge in [-0.1, -0.05) is 6.92 Å². The van der Waals surface area contributed by atoms with Gasteiger partial charge in [0.05, 0.1) is 13.2 Å². The Labute approximate surface area is 153 Å². The van der Waals surface area contributed by atoms with Crippen LogP contribution in [0, 0.1) is 5.92 Å². The summed E-state index contributed by atoms with van der Waals surface area (Å²) in [6, 6.07) is 1.46. The minimum Gasteiger partial charge on any atom is -0.379 e. The first kappa shape index (κ1) is 18.8. The van der Waals surface area contributed by atoms with Gasteiger partial charge in [-0.05, 0) is 32.3 Å². The van der Waals surface area contributed by atoms with Gasteiger partial charge in [0.25, 0.3) is 11.5 Å². The third-order valence-corrected chi connectivity index (χ3v) is 5.30. The molecule has 2 N–H and O–H groups in total. The van der Waals surface area contributed by atoms with Crippen molar-refractivity contribution in [2.45, 2.75) is 39.2 Å². The van der Waals surface area contributed by atoms with E-state index in [0.29, 0.717) is 43.9 Å². The van der Waals surface area contributed by atoms with E-state index in [2.05, 4.69) is 29.0 Å². The van der Waals surface area contributed by atoms with E-state index in [4.69, 9.17) is 4.74 Å². The number of carbonyl (C=O) groups is 2. The number of aromatic amines is 1. The summed E-state index contributed by atoms with van der Waals surface area (Å²) in [6.45, 7) is 9.50. The van der Waals surface area contributed by atoms with Crippen molar-refractivity contribution in [1.29, 1.82) is 0 Å². The molecule has 26 heavy (non-hydrogen) atoms. The zero-order valence-electron chi connectivity index (χ0n) is 15.7. The fraction of sp³-hybridized carbons (Fsp3) is 0.632. The number of aromatic nitrogens is 1. The number of carbonyl (C=O) groups excluding carboxylic acids is 2. The highest BCUT2D eigenvalue weighted by atomic mass is 16.5. The van der Waals surface area contributed by atoms with Crippen LogP contribution in [0.15, 0.2) is 10.9 Å². The van der Waals surface area contributed by atoms with Gasteiger partial charge in [-0.15, -0.1) is 0 Å². The molecule has 0 aromatic carbocycles. The number of morpholine rings is 1. The van der Waals surface area contributed by atoms with Gasteiger partial charge in [-0.2, -0.15) is 0 Å². The molecule has 142 valence electrons. The molecule has 1 aromatic rings. The molecule has 0 saturated carbocycles. The number of nitrogens with one attached hydrogen (secondary N) is 2. The second-order valence-corrected chi connectivity index (χ2v) is 7.94. The molecule has 1 aliphatic heterocycles. The third kappa shape index (κ3) is 3.88. The lowest BCUT2D eigenvalue weighted by atomic mass is 9.86. The van der Waals surface area contributed by atoms with Crippen LogP contribution in [0.5, 0.6) is 0 Å². The van der Waals surface area contributed by atoms with Gasteiger partial charge >= 0.3 is 0 Å². The van der Waals surface area contributed by atoms with E-state index in [1.807, 2.05) is 6.92 Å². The van der Waals surface area contributed by atoms with Crippen molar-refractivity contribution >= 4 is 11.7 Å². The number of nitrogens with zero attached hydrogens (tertiary/aromatic N) is 1. The molecular weight excluding hydrogens is 334 g/mol. The highest BCUT2D eigenvalue weighted by molar-refractivity contribution is 6.01. The van der Waals surface area contributed by atoms with Gasteiger partial charge in [0, 0.05) is 42.9 Å². The van der Waals surface area contributed by atoms with Gasteiger partial charge in [0.2, 0.25) is 0 Å². The number of rotatable bonds is 4. The summed E-state index contributed by atoms with van der Waals surface area (Å²) in [5.74, 6) is -0.251. The predicted molar refractivity (Wildman–Crippen MR) is 97.7 cm³/mol. The fourth-order valence-corrected chi connectivity index (χ4v) is 3.67. The van der Waals surface area contributed by atoms with Gasteiger partial charge in [-0.3, -0.25) is 19.3 Å². The monoisotopic (exact) mass is 361 g/mol. The van der Waals surface area contributed by atoms with E-state index in [9.17, 15) is 14.4 Å². The fourth-order valence-electron chi connectivity index (χ4n) is 3.67. The first-order chi connectivity index (χ1) is 12.3. The quantitative estimate of drug-likeness (QED) is 0.834. The zero-order valence-corrected chi connectivity index (χ0v) is 15.7. The number of pyridine rings is 1. The predicted octanol–water partition coefficient (Wildman–Crippen LogP) is 0.980. The lowest BCUT2D eigenvalue weighted by molar-refractivity contribution is -0.00923. The highest BCUT2D eigenvalue weighted by Gasteiger charge is 2.30. The Morgan fingerprint density at radius 1 is 1.31 bits per heavy atom. The Hall–Kier alpha value is -1.99. The smallest absolute Gasteiger partial charge is 0.261 e. The molecule has 0 spiro atoms. The maximum absolute atomic E-state index is 12.6. The van der Waals surface area contributed by atoms with Crippen LogP contribution in [0.25, 0.3) is 0 Å². The van der Waals surface area contributed by atoms with Crippen molar-refractivity contribution in [3.05, 3.63) is 33.2 Å². The Morgan fingerprint density at radius 2 is 2.00 bits per heavy atom. The Morgan fingerprint density at radius 3 is 2.69 bits per heavy atom. The number of fused-ring (bicyclic) bond motifs is 1. The van der Waals surface area contributed by atoms with Gasteiger partial charge in [0.1, 0.15) is 5.56 Å². The molecular formula is C19H27N3O4. The number of Topliss-reactive ketones (excluding diaryl/α,β-unsaturated/α-hetero) is 1. The molecule has 1 saturated heterocycles. The summed E-state index contributed by atoms with van der Waals surface area (Å²) in [5, 5.41) is 2.86. The first-order valence-electron chi connectivity index (χ1n) is 9.18. The van der Waals surface area contributed by atoms with E-state index in [0.717, 1.165) is 13.1 Å². The standard InChI is InChI=1S/C19H27N3O4/c1-12-8-15-13(16(23)9-12)10-14(18(25)21-15)17(24)20-11-19(2,3)22-4-6-26-7-5-22/h10,12H,4-9,11H2,1-3H3,(H,20,24)(H,21,25). The number of ether oxygens (including phenoxy) is 1. The third-order valence-electron chi connectivity index (χ3n) is 5.30. The van der Waals surface area contributed by atoms with E-state index in [-0.39, 0.29) is 22.8 Å². The Bertz CT molecular complexity index is 763. The van der Waals surface area contributed by atoms with Crippen molar-refractivity contribution < 1.29 is 14.3 Å². The molecule has 7 heteroatoms. The van der Waals surface area contributed by atoms with E-state index in [1.54, 1.807) is 0 Å². The van der Waals surface area contributed by atoms with Crippen molar-refractivity contribution in [2.24, 2.45) is 5.92 Å². The molecule has 7 nitrogen and oxygen atoms in total. The molecule has 1 aliphatic carbocycles. The maximum Gasteiger partial charge on any atom is 0.261 e. The number of ketones is 1. The van der Waals surface area contributed by atoms with Crippen LogP contribution in [-0.4, -0.2) is 60.0 Å². The molecule has 2 aliphatic rings. The van der Waals surface area contributed by atoms with E-state index in [1.165, 1.54) is 6.07 Å². The molecule has 1 amide bonds. The van der Waals surface area contributed by atoms with E-state index < -0.39 is 11.5 Å². The minimum atomic E-state index is -0.443. The van der Waals surface area contributed by atoms with Crippen LogP contribution >= 0.6 is 0 Å². The average molecular weight is 361 g/mol. The van der Waals surface area contributed by atoms with E-state index >= 15 is 0 Å². The molecule has 0 bridgehead atoms. The second-order valence-electron chi connectivity index (χ2n) is 7.94. The highest BCUT2D eigenvalue weighted by Crippen LogP contribution is 2.23. The molecule has 0 radical (unpaired) electrons. The lowest BCUT2D eigenvalue weighted by Crippen LogP contribution is -2.55. The normalized spacial score (nSPS) is 21.3. The van der Waals surface area contributed by atoms with Crippen molar-refractivity contribution in [2.75, 3.05) is 32.8 Å². The topological polar surface area (TPSA) is 91.5 Å². The molecule has 1 atom stereocenters. The summed E-state index contributed by atoms with van der Waals surface area (Å²) < 4.78 is 5.37. The summed E-state index contributed by atoms with van der Waals surface area (Å²) in [5.41, 5.74) is 0.437. The van der Waals surface area contributed by atoms with Crippen LogP contribution in [0.3, 0.4) is 0 Å². The summed E-state index contributed by atoms with van der Waals surface area (Å²) >= 11 is 0. The van der Waals surface area contributed by atoms with Gasteiger partial charge in [0.15, 0.2) is 5.78 Å². The van der Waals surface area contributed by atoms with Crippen molar-refractivity contribution in [3.63, 3.8) is 0 Å². The second kappa shape index (κ2) is 7.32. The number of hydrogen-bond acceptors (Lipinski definition) is 5. The molecule has 3 rings (SSSR count). The van der Waals surface area contributed by atoms with Gasteiger partial charge < -0.3 is 15.0 Å². The summed E-state index contributed by atoms with van der Waals surface area (Å²) in [7, 11) is 0. The maximum atomic E-state index is 12.6.